The zero-order chi connectivity index (χ0) is 26.8. The van der Waals surface area contributed by atoms with Gasteiger partial charge in [-0.3, -0.25) is 19.4 Å². The van der Waals surface area contributed by atoms with Gasteiger partial charge in [-0.2, -0.15) is 0 Å². The molecule has 1 aliphatic heterocycles. The van der Waals surface area contributed by atoms with E-state index in [0.717, 1.165) is 28.4 Å². The number of aromatic nitrogens is 1. The molecule has 2 heterocycles. The highest BCUT2D eigenvalue weighted by atomic mass is 32.1. The molecule has 3 aromatic carbocycles. The molecule has 1 aromatic heterocycles. The smallest absolute Gasteiger partial charge is 0.270 e. The van der Waals surface area contributed by atoms with E-state index >= 15 is 0 Å². The van der Waals surface area contributed by atoms with Crippen LogP contribution in [0, 0.1) is 13.8 Å². The molecule has 0 spiro atoms. The minimum absolute atomic E-state index is 0.0400. The number of thiocarbonyl (C=S) groups is 1. The van der Waals surface area contributed by atoms with E-state index in [1.807, 2.05) is 87.5 Å². The summed E-state index contributed by atoms with van der Waals surface area (Å²) in [6.07, 6.45) is 1.67. The molecule has 0 atom stereocenters. The molecule has 38 heavy (non-hydrogen) atoms. The van der Waals surface area contributed by atoms with Crippen LogP contribution < -0.4 is 14.5 Å². The average molecular weight is 522 g/mol. The van der Waals surface area contributed by atoms with Crippen molar-refractivity contribution >= 4 is 46.6 Å². The number of carbonyl (C=O) groups excluding carboxylic acids is 2. The van der Waals surface area contributed by atoms with Crippen molar-refractivity contribution in [2.45, 2.75) is 20.8 Å². The van der Waals surface area contributed by atoms with Gasteiger partial charge in [0, 0.05) is 17.1 Å². The molecule has 0 radical (unpaired) electrons. The SMILES string of the molecule is CCOc1ccc(-n2c(C)cc(C=C3C(=O)N(c4ccccc4)C(=S)N(c4ccccc4)C3=O)c2C)cc1. The van der Waals surface area contributed by atoms with Crippen LogP contribution in [-0.2, 0) is 9.59 Å². The van der Waals surface area contributed by atoms with Crippen LogP contribution in [-0.4, -0.2) is 28.1 Å². The Balaban J connectivity index is 1.61. The fraction of sp³-hybridized carbons (Fsp3) is 0.129. The number of aryl methyl sites for hydroxylation is 1. The summed E-state index contributed by atoms with van der Waals surface area (Å²) in [4.78, 5) is 30.4. The average Bonchev–Trinajstić information content (AvgIpc) is 3.21. The van der Waals surface area contributed by atoms with Crippen LogP contribution in [0.4, 0.5) is 11.4 Å². The first kappa shape index (κ1) is 25.2. The Kier molecular flexibility index (Phi) is 6.94. The Morgan fingerprint density at radius 3 is 1.79 bits per heavy atom. The largest absolute Gasteiger partial charge is 0.494 e. The zero-order valence-corrected chi connectivity index (χ0v) is 22.2. The number of anilines is 2. The van der Waals surface area contributed by atoms with Gasteiger partial charge in [0.25, 0.3) is 11.8 Å². The summed E-state index contributed by atoms with van der Waals surface area (Å²) in [5.41, 5.74) is 4.87. The van der Waals surface area contributed by atoms with Gasteiger partial charge in [-0.1, -0.05) is 36.4 Å². The topological polar surface area (TPSA) is 54.8 Å². The second-order valence-corrected chi connectivity index (χ2v) is 9.25. The van der Waals surface area contributed by atoms with Gasteiger partial charge in [-0.15, -0.1) is 0 Å². The molecule has 1 aliphatic rings. The zero-order valence-electron chi connectivity index (χ0n) is 21.4. The van der Waals surface area contributed by atoms with E-state index in [1.54, 1.807) is 30.3 Å². The lowest BCUT2D eigenvalue weighted by Crippen LogP contribution is -2.56. The second-order valence-electron chi connectivity index (χ2n) is 8.88. The van der Waals surface area contributed by atoms with Gasteiger partial charge in [0.05, 0.1) is 18.0 Å². The van der Waals surface area contributed by atoms with E-state index in [4.69, 9.17) is 17.0 Å². The Hall–Kier alpha value is -4.49. The van der Waals surface area contributed by atoms with Crippen molar-refractivity contribution in [3.63, 3.8) is 0 Å². The van der Waals surface area contributed by atoms with Crippen molar-refractivity contribution in [3.05, 3.63) is 114 Å². The van der Waals surface area contributed by atoms with Crippen LogP contribution in [0.25, 0.3) is 11.8 Å². The van der Waals surface area contributed by atoms with E-state index in [1.165, 1.54) is 9.80 Å². The number of hydrogen-bond donors (Lipinski definition) is 0. The Morgan fingerprint density at radius 1 is 0.763 bits per heavy atom. The van der Waals surface area contributed by atoms with Crippen molar-refractivity contribution in [2.75, 3.05) is 16.4 Å². The number of amides is 2. The molecule has 1 fully saturated rings. The number of para-hydroxylation sites is 2. The van der Waals surface area contributed by atoms with Crippen LogP contribution >= 0.6 is 12.2 Å². The maximum atomic E-state index is 13.8. The summed E-state index contributed by atoms with van der Waals surface area (Å²) < 4.78 is 7.67. The molecular weight excluding hydrogens is 494 g/mol. The maximum Gasteiger partial charge on any atom is 0.270 e. The molecular formula is C31H27N3O3S. The predicted octanol–water partition coefficient (Wildman–Crippen LogP) is 6.24. The molecule has 1 saturated heterocycles. The van der Waals surface area contributed by atoms with Crippen molar-refractivity contribution in [2.24, 2.45) is 0 Å². The van der Waals surface area contributed by atoms with Gasteiger partial charge in [-0.25, -0.2) is 0 Å². The predicted molar refractivity (Wildman–Crippen MR) is 155 cm³/mol. The minimum atomic E-state index is -0.454. The summed E-state index contributed by atoms with van der Waals surface area (Å²) >= 11 is 5.70. The summed E-state index contributed by atoms with van der Waals surface area (Å²) in [5, 5.41) is 0.120. The van der Waals surface area contributed by atoms with Crippen LogP contribution in [0.2, 0.25) is 0 Å². The first-order valence-electron chi connectivity index (χ1n) is 12.4. The van der Waals surface area contributed by atoms with Gasteiger partial charge >= 0.3 is 0 Å². The highest BCUT2D eigenvalue weighted by molar-refractivity contribution is 7.81. The molecule has 2 amide bonds. The molecule has 0 bridgehead atoms. The summed E-state index contributed by atoms with van der Waals surface area (Å²) in [7, 11) is 0. The molecule has 190 valence electrons. The van der Waals surface area contributed by atoms with Crippen LogP contribution in [0.3, 0.4) is 0 Å². The number of rotatable bonds is 6. The Bertz CT molecular complexity index is 1480. The first-order chi connectivity index (χ1) is 18.4. The fourth-order valence-corrected chi connectivity index (χ4v) is 5.06. The highest BCUT2D eigenvalue weighted by Crippen LogP contribution is 2.31. The monoisotopic (exact) mass is 521 g/mol. The molecule has 0 saturated carbocycles. The minimum Gasteiger partial charge on any atom is -0.494 e. The van der Waals surface area contributed by atoms with Crippen LogP contribution in [0.1, 0.15) is 23.9 Å². The van der Waals surface area contributed by atoms with Crippen molar-refractivity contribution in [1.29, 1.82) is 0 Å². The summed E-state index contributed by atoms with van der Waals surface area (Å²) in [5.74, 6) is -0.106. The van der Waals surface area contributed by atoms with Gasteiger partial charge < -0.3 is 9.30 Å². The lowest BCUT2D eigenvalue weighted by molar-refractivity contribution is -0.120. The number of benzene rings is 3. The van der Waals surface area contributed by atoms with E-state index in [0.29, 0.717) is 18.0 Å². The number of nitrogens with zero attached hydrogens (tertiary/aromatic N) is 3. The third kappa shape index (κ3) is 4.53. The molecule has 4 aromatic rings. The third-order valence-corrected chi connectivity index (χ3v) is 6.82. The quantitative estimate of drug-likeness (QED) is 0.171. The lowest BCUT2D eigenvalue weighted by Gasteiger charge is -2.36. The standard InChI is InChI=1S/C31H27N3O3S/c1-4-37-27-17-15-26(16-18-27)32-21(2)19-23(22(32)3)20-28-29(35)33(24-11-7-5-8-12-24)31(38)34(30(28)36)25-13-9-6-10-14-25/h5-20H,4H2,1-3H3. The molecule has 5 rings (SSSR count). The number of ether oxygens (including phenoxy) is 1. The Morgan fingerprint density at radius 2 is 1.29 bits per heavy atom. The van der Waals surface area contributed by atoms with Gasteiger partial charge in [0.1, 0.15) is 11.3 Å². The summed E-state index contributed by atoms with van der Waals surface area (Å²) in [6, 6.07) is 28.1. The third-order valence-electron chi connectivity index (χ3n) is 6.45. The summed E-state index contributed by atoms with van der Waals surface area (Å²) in [6.45, 7) is 6.52. The van der Waals surface area contributed by atoms with E-state index < -0.39 is 11.8 Å². The van der Waals surface area contributed by atoms with E-state index in [-0.39, 0.29) is 10.7 Å². The van der Waals surface area contributed by atoms with E-state index in [2.05, 4.69) is 4.57 Å². The number of carbonyl (C=O) groups is 2. The Labute approximate surface area is 227 Å². The molecule has 0 aliphatic carbocycles. The van der Waals surface area contributed by atoms with Crippen molar-refractivity contribution in [1.82, 2.24) is 4.57 Å². The van der Waals surface area contributed by atoms with E-state index in [9.17, 15) is 9.59 Å². The lowest BCUT2D eigenvalue weighted by atomic mass is 10.1. The van der Waals surface area contributed by atoms with Crippen LogP contribution in [0.5, 0.6) is 5.75 Å². The second kappa shape index (κ2) is 10.5. The molecule has 6 nitrogen and oxygen atoms in total. The highest BCUT2D eigenvalue weighted by Gasteiger charge is 2.41. The van der Waals surface area contributed by atoms with Gasteiger partial charge in [-0.05, 0) is 99.2 Å². The van der Waals surface area contributed by atoms with Crippen LogP contribution in [0.15, 0.2) is 96.6 Å². The van der Waals surface area contributed by atoms with Crippen molar-refractivity contribution in [3.8, 4) is 11.4 Å². The normalized spacial score (nSPS) is 13.8. The number of hydrogen-bond acceptors (Lipinski definition) is 4. The van der Waals surface area contributed by atoms with Gasteiger partial charge in [0.2, 0.25) is 0 Å². The first-order valence-corrected chi connectivity index (χ1v) is 12.8. The fourth-order valence-electron chi connectivity index (χ4n) is 4.68. The van der Waals surface area contributed by atoms with Gasteiger partial charge in [0.15, 0.2) is 5.11 Å². The maximum absolute atomic E-state index is 13.8. The molecule has 0 unspecified atom stereocenters. The van der Waals surface area contributed by atoms with Crippen molar-refractivity contribution < 1.29 is 14.3 Å². The molecule has 0 N–H and O–H groups in total. The molecule has 7 heteroatoms.